The molecule has 4 heteroatoms. The summed E-state index contributed by atoms with van der Waals surface area (Å²) in [7, 11) is 0. The Morgan fingerprint density at radius 3 is 2.69 bits per heavy atom. The van der Waals surface area contributed by atoms with E-state index >= 15 is 0 Å². The van der Waals surface area contributed by atoms with Crippen LogP contribution in [-0.4, -0.2) is 15.6 Å². The Balaban J connectivity index is 1.55. The molecule has 1 fully saturated rings. The van der Waals surface area contributed by atoms with E-state index in [1.54, 1.807) is 6.20 Å². The maximum atomic E-state index is 3.84. The first kappa shape index (κ1) is 9.78. The predicted octanol–water partition coefficient (Wildman–Crippen LogP) is 2.90. The zero-order chi connectivity index (χ0) is 10.8. The normalized spacial score (nSPS) is 23.8. The van der Waals surface area contributed by atoms with Crippen molar-refractivity contribution in [1.29, 1.82) is 0 Å². The average Bonchev–Trinajstić information content (AvgIpc) is 2.77. The molecule has 0 amide bonds. The first-order chi connectivity index (χ1) is 7.92. The summed E-state index contributed by atoms with van der Waals surface area (Å²) in [5.74, 6) is 0.722. The molecule has 0 saturated heterocycles. The molecule has 1 aliphatic rings. The van der Waals surface area contributed by atoms with Gasteiger partial charge in [0.05, 0.1) is 6.20 Å². The summed E-state index contributed by atoms with van der Waals surface area (Å²) >= 11 is 1.43. The van der Waals surface area contributed by atoms with Crippen molar-refractivity contribution in [2.45, 2.75) is 24.8 Å². The van der Waals surface area contributed by atoms with Gasteiger partial charge in [-0.3, -0.25) is 0 Å². The summed E-state index contributed by atoms with van der Waals surface area (Å²) in [5, 5.41) is 8.35. The second kappa shape index (κ2) is 4.22. The first-order valence-electron chi connectivity index (χ1n) is 5.50. The van der Waals surface area contributed by atoms with Crippen LogP contribution in [0.1, 0.15) is 24.3 Å². The zero-order valence-corrected chi connectivity index (χ0v) is 9.65. The topological polar surface area (TPSA) is 37.8 Å². The lowest BCUT2D eigenvalue weighted by molar-refractivity contribution is 0.375. The van der Waals surface area contributed by atoms with E-state index in [1.807, 2.05) is 0 Å². The summed E-state index contributed by atoms with van der Waals surface area (Å²) in [6, 6.07) is 11.3. The molecule has 1 aromatic carbocycles. The van der Waals surface area contributed by atoms with Crippen molar-refractivity contribution in [1.82, 2.24) is 9.59 Å². The van der Waals surface area contributed by atoms with Crippen LogP contribution in [-0.2, 0) is 0 Å². The molecule has 3 rings (SSSR count). The molecule has 0 radical (unpaired) electrons. The van der Waals surface area contributed by atoms with Gasteiger partial charge in [0.1, 0.15) is 5.00 Å². The third-order valence-corrected chi connectivity index (χ3v) is 3.71. The number of hydrogen-bond donors (Lipinski definition) is 1. The Kier molecular flexibility index (Phi) is 2.58. The largest absolute Gasteiger partial charge is 0.372 e. The molecule has 1 aliphatic carbocycles. The zero-order valence-electron chi connectivity index (χ0n) is 8.84. The van der Waals surface area contributed by atoms with Gasteiger partial charge in [-0.15, -0.1) is 5.10 Å². The SMILES string of the molecule is c1ccc(C2CC(Nc3cnns3)C2)cc1. The van der Waals surface area contributed by atoms with E-state index in [1.165, 1.54) is 29.9 Å². The van der Waals surface area contributed by atoms with Gasteiger partial charge in [-0.05, 0) is 24.3 Å². The van der Waals surface area contributed by atoms with E-state index in [4.69, 9.17) is 0 Å². The minimum Gasteiger partial charge on any atom is -0.372 e. The van der Waals surface area contributed by atoms with Gasteiger partial charge in [0, 0.05) is 17.6 Å². The fourth-order valence-electron chi connectivity index (χ4n) is 2.17. The molecular formula is C12H13N3S. The highest BCUT2D eigenvalue weighted by Crippen LogP contribution is 2.38. The van der Waals surface area contributed by atoms with Gasteiger partial charge >= 0.3 is 0 Å². The van der Waals surface area contributed by atoms with Crippen molar-refractivity contribution >= 4 is 16.5 Å². The van der Waals surface area contributed by atoms with Crippen LogP contribution in [0.5, 0.6) is 0 Å². The Bertz CT molecular complexity index is 435. The second-order valence-corrected chi connectivity index (χ2v) is 4.99. The maximum Gasteiger partial charge on any atom is 0.130 e. The van der Waals surface area contributed by atoms with Crippen LogP contribution in [0.3, 0.4) is 0 Å². The van der Waals surface area contributed by atoms with E-state index in [9.17, 15) is 0 Å². The fraction of sp³-hybridized carbons (Fsp3) is 0.333. The molecular weight excluding hydrogens is 218 g/mol. The monoisotopic (exact) mass is 231 g/mol. The van der Waals surface area contributed by atoms with E-state index < -0.39 is 0 Å². The average molecular weight is 231 g/mol. The highest BCUT2D eigenvalue weighted by Gasteiger charge is 2.30. The Hall–Kier alpha value is -1.42. The lowest BCUT2D eigenvalue weighted by atomic mass is 9.76. The van der Waals surface area contributed by atoms with Gasteiger partial charge in [-0.1, -0.05) is 34.8 Å². The first-order valence-corrected chi connectivity index (χ1v) is 6.28. The van der Waals surface area contributed by atoms with Crippen LogP contribution in [0.15, 0.2) is 36.5 Å². The fourth-order valence-corrected chi connectivity index (χ4v) is 2.66. The smallest absolute Gasteiger partial charge is 0.130 e. The molecule has 16 heavy (non-hydrogen) atoms. The van der Waals surface area contributed by atoms with E-state index in [0.29, 0.717) is 6.04 Å². The molecule has 0 bridgehead atoms. The molecule has 1 aromatic heterocycles. The van der Waals surface area contributed by atoms with Crippen molar-refractivity contribution in [3.05, 3.63) is 42.1 Å². The predicted molar refractivity (Wildman–Crippen MR) is 65.7 cm³/mol. The number of nitrogens with one attached hydrogen (secondary N) is 1. The molecule has 3 nitrogen and oxygen atoms in total. The van der Waals surface area contributed by atoms with E-state index in [2.05, 4.69) is 45.2 Å². The molecule has 0 unspecified atom stereocenters. The number of benzene rings is 1. The van der Waals surface area contributed by atoms with Gasteiger partial charge in [-0.25, -0.2) is 0 Å². The summed E-state index contributed by atoms with van der Waals surface area (Å²) < 4.78 is 3.84. The van der Waals surface area contributed by atoms with Gasteiger partial charge < -0.3 is 5.32 Å². The van der Waals surface area contributed by atoms with Crippen LogP contribution in [0.2, 0.25) is 0 Å². The minimum atomic E-state index is 0.590. The quantitative estimate of drug-likeness (QED) is 0.882. The van der Waals surface area contributed by atoms with Crippen LogP contribution in [0.4, 0.5) is 5.00 Å². The lowest BCUT2D eigenvalue weighted by Crippen LogP contribution is -2.33. The summed E-state index contributed by atoms with van der Waals surface area (Å²) in [4.78, 5) is 0. The highest BCUT2D eigenvalue weighted by molar-refractivity contribution is 7.09. The standard InChI is InChI=1S/C12H13N3S/c1-2-4-9(5-3-1)10-6-11(7-10)14-12-8-13-15-16-12/h1-5,8,10-11,14H,6-7H2. The Morgan fingerprint density at radius 1 is 1.19 bits per heavy atom. The molecule has 2 aromatic rings. The molecule has 0 aliphatic heterocycles. The summed E-state index contributed by atoms with van der Waals surface area (Å²) in [6.07, 6.45) is 4.21. The lowest BCUT2D eigenvalue weighted by Gasteiger charge is -2.36. The molecule has 1 heterocycles. The van der Waals surface area contributed by atoms with Crippen molar-refractivity contribution in [3.63, 3.8) is 0 Å². The second-order valence-electron chi connectivity index (χ2n) is 4.20. The van der Waals surface area contributed by atoms with Gasteiger partial charge in [-0.2, -0.15) is 0 Å². The van der Waals surface area contributed by atoms with Crippen molar-refractivity contribution in [2.75, 3.05) is 5.32 Å². The number of anilines is 1. The van der Waals surface area contributed by atoms with Crippen LogP contribution in [0.25, 0.3) is 0 Å². The van der Waals surface area contributed by atoms with Crippen LogP contribution >= 0.6 is 11.5 Å². The number of aromatic nitrogens is 2. The maximum absolute atomic E-state index is 3.84. The molecule has 0 atom stereocenters. The minimum absolute atomic E-state index is 0.590. The van der Waals surface area contributed by atoms with E-state index in [0.717, 1.165) is 10.9 Å². The highest BCUT2D eigenvalue weighted by atomic mass is 32.1. The van der Waals surface area contributed by atoms with Gasteiger partial charge in [0.2, 0.25) is 0 Å². The van der Waals surface area contributed by atoms with Crippen LogP contribution in [0, 0.1) is 0 Å². The van der Waals surface area contributed by atoms with Crippen molar-refractivity contribution in [3.8, 4) is 0 Å². The number of hydrogen-bond acceptors (Lipinski definition) is 4. The summed E-state index contributed by atoms with van der Waals surface area (Å²) in [6.45, 7) is 0. The Labute approximate surface area is 98.7 Å². The molecule has 1 saturated carbocycles. The van der Waals surface area contributed by atoms with E-state index in [-0.39, 0.29) is 0 Å². The molecule has 1 N–H and O–H groups in total. The van der Waals surface area contributed by atoms with Crippen molar-refractivity contribution < 1.29 is 0 Å². The third-order valence-electron chi connectivity index (χ3n) is 3.12. The molecule has 0 spiro atoms. The molecule has 82 valence electrons. The van der Waals surface area contributed by atoms with Gasteiger partial charge in [0.15, 0.2) is 0 Å². The third kappa shape index (κ3) is 1.93. The van der Waals surface area contributed by atoms with Crippen molar-refractivity contribution in [2.24, 2.45) is 0 Å². The number of nitrogens with zero attached hydrogens (tertiary/aromatic N) is 2. The van der Waals surface area contributed by atoms with Gasteiger partial charge in [0.25, 0.3) is 0 Å². The number of rotatable bonds is 3. The Morgan fingerprint density at radius 2 is 2.00 bits per heavy atom. The summed E-state index contributed by atoms with van der Waals surface area (Å²) in [5.41, 5.74) is 1.46. The van der Waals surface area contributed by atoms with Crippen LogP contribution < -0.4 is 5.32 Å².